The van der Waals surface area contributed by atoms with E-state index in [4.69, 9.17) is 16.6 Å². The lowest BCUT2D eigenvalue weighted by Gasteiger charge is -2.28. The molecule has 0 radical (unpaired) electrons. The molecule has 4 nitrogen and oxygen atoms in total. The van der Waals surface area contributed by atoms with Gasteiger partial charge in [-0.2, -0.15) is 5.10 Å². The Kier molecular flexibility index (Phi) is 4.00. The van der Waals surface area contributed by atoms with Crippen LogP contribution in [-0.2, 0) is 25.9 Å². The Morgan fingerprint density at radius 2 is 1.95 bits per heavy atom. The van der Waals surface area contributed by atoms with Gasteiger partial charge in [-0.1, -0.05) is 26.7 Å². The van der Waals surface area contributed by atoms with E-state index in [1.54, 1.807) is 0 Å². The summed E-state index contributed by atoms with van der Waals surface area (Å²) < 4.78 is 4.32. The normalized spacial score (nSPS) is 17.9. The van der Waals surface area contributed by atoms with Gasteiger partial charge in [-0.05, 0) is 31.1 Å². The average Bonchev–Trinajstić information content (AvgIpc) is 3.16. The first kappa shape index (κ1) is 14.9. The summed E-state index contributed by atoms with van der Waals surface area (Å²) in [6.07, 6.45) is 7.50. The minimum atomic E-state index is 0.422. The summed E-state index contributed by atoms with van der Waals surface area (Å²) in [6.45, 7) is 5.48. The van der Waals surface area contributed by atoms with E-state index < -0.39 is 0 Å². The van der Waals surface area contributed by atoms with Crippen molar-refractivity contribution in [2.75, 3.05) is 0 Å². The molecule has 1 saturated carbocycles. The topological polar surface area (TPSA) is 35.6 Å². The quantitative estimate of drug-likeness (QED) is 0.781. The lowest BCUT2D eigenvalue weighted by Crippen LogP contribution is -2.24. The maximum absolute atomic E-state index is 6.17. The summed E-state index contributed by atoms with van der Waals surface area (Å²) in [6, 6.07) is 0. The number of aryl methyl sites for hydroxylation is 2. The van der Waals surface area contributed by atoms with Gasteiger partial charge in [-0.15, -0.1) is 11.6 Å². The molecule has 2 aromatic heterocycles. The van der Waals surface area contributed by atoms with Crippen molar-refractivity contribution in [2.45, 2.75) is 64.8 Å². The summed E-state index contributed by atoms with van der Waals surface area (Å²) in [7, 11) is 2.02. The van der Waals surface area contributed by atoms with Gasteiger partial charge >= 0.3 is 0 Å². The van der Waals surface area contributed by atoms with Gasteiger partial charge in [-0.3, -0.25) is 4.68 Å². The van der Waals surface area contributed by atoms with E-state index in [-0.39, 0.29) is 0 Å². The number of rotatable bonds is 5. The highest BCUT2D eigenvalue weighted by atomic mass is 35.5. The maximum Gasteiger partial charge on any atom is 0.158 e. The third-order valence-corrected chi connectivity index (χ3v) is 5.47. The third kappa shape index (κ3) is 2.37. The number of nitrogens with zero attached hydrogens (tertiary/aromatic N) is 4. The zero-order valence-electron chi connectivity index (χ0n) is 13.3. The smallest absolute Gasteiger partial charge is 0.158 e. The second kappa shape index (κ2) is 5.64. The van der Waals surface area contributed by atoms with E-state index >= 15 is 0 Å². The number of hydrogen-bond donors (Lipinski definition) is 0. The summed E-state index contributed by atoms with van der Waals surface area (Å²) in [5.74, 6) is 1.46. The van der Waals surface area contributed by atoms with E-state index in [0.29, 0.717) is 11.3 Å². The SMILES string of the molecule is CCc1nn(C)c2c1nc(CCl)n2CC1(CC)CCCC1. The molecule has 1 fully saturated rings. The van der Waals surface area contributed by atoms with E-state index in [2.05, 4.69) is 23.5 Å². The molecular weight excluding hydrogens is 284 g/mol. The molecule has 0 N–H and O–H groups in total. The van der Waals surface area contributed by atoms with Crippen LogP contribution in [0.2, 0.25) is 0 Å². The molecule has 2 heterocycles. The van der Waals surface area contributed by atoms with Crippen molar-refractivity contribution in [2.24, 2.45) is 12.5 Å². The van der Waals surface area contributed by atoms with Crippen molar-refractivity contribution in [1.29, 1.82) is 0 Å². The van der Waals surface area contributed by atoms with E-state index in [9.17, 15) is 0 Å². The van der Waals surface area contributed by atoms with Gasteiger partial charge in [-0.25, -0.2) is 4.98 Å². The second-order valence-corrected chi connectivity index (χ2v) is 6.67. The van der Waals surface area contributed by atoms with Crippen LogP contribution < -0.4 is 0 Å². The van der Waals surface area contributed by atoms with Gasteiger partial charge in [0.2, 0.25) is 0 Å². The zero-order chi connectivity index (χ0) is 15.0. The molecule has 5 heteroatoms. The summed E-state index contributed by atoms with van der Waals surface area (Å²) in [5, 5.41) is 4.62. The monoisotopic (exact) mass is 308 g/mol. The highest BCUT2D eigenvalue weighted by Crippen LogP contribution is 2.43. The highest BCUT2D eigenvalue weighted by Gasteiger charge is 2.34. The Morgan fingerprint density at radius 1 is 1.24 bits per heavy atom. The van der Waals surface area contributed by atoms with Gasteiger partial charge < -0.3 is 4.57 Å². The van der Waals surface area contributed by atoms with Crippen LogP contribution in [0, 0.1) is 5.41 Å². The second-order valence-electron chi connectivity index (χ2n) is 6.40. The molecule has 0 bridgehead atoms. The number of halogens is 1. The lowest BCUT2D eigenvalue weighted by atomic mass is 9.83. The van der Waals surface area contributed by atoms with E-state index in [1.165, 1.54) is 32.1 Å². The number of hydrogen-bond acceptors (Lipinski definition) is 2. The molecule has 0 spiro atoms. The molecular formula is C16H25ClN4. The van der Waals surface area contributed by atoms with Crippen LogP contribution >= 0.6 is 11.6 Å². The molecule has 116 valence electrons. The Morgan fingerprint density at radius 3 is 2.52 bits per heavy atom. The minimum absolute atomic E-state index is 0.422. The average molecular weight is 309 g/mol. The molecule has 3 rings (SSSR count). The molecule has 1 aliphatic rings. The number of imidazole rings is 1. The summed E-state index contributed by atoms with van der Waals surface area (Å²) >= 11 is 6.17. The molecule has 0 aliphatic heterocycles. The van der Waals surface area contributed by atoms with Crippen LogP contribution in [0.25, 0.3) is 11.2 Å². The first-order valence-corrected chi connectivity index (χ1v) is 8.64. The Bertz CT molecular complexity index is 634. The van der Waals surface area contributed by atoms with Crippen LogP contribution in [-0.4, -0.2) is 19.3 Å². The zero-order valence-corrected chi connectivity index (χ0v) is 14.1. The molecule has 0 unspecified atom stereocenters. The van der Waals surface area contributed by atoms with Gasteiger partial charge in [0, 0.05) is 13.6 Å². The Balaban J connectivity index is 2.10. The van der Waals surface area contributed by atoms with Gasteiger partial charge in [0.25, 0.3) is 0 Å². The van der Waals surface area contributed by atoms with Crippen molar-refractivity contribution >= 4 is 22.8 Å². The Hall–Kier alpha value is -1.03. The standard InChI is InChI=1S/C16H25ClN4/c1-4-12-14-15(20(3)19-12)21(13(10-17)18-14)11-16(5-2)8-6-7-9-16/h4-11H2,1-3H3. The van der Waals surface area contributed by atoms with Crippen LogP contribution in [0.5, 0.6) is 0 Å². The number of alkyl halides is 1. The molecule has 0 amide bonds. The number of fused-ring (bicyclic) bond motifs is 1. The van der Waals surface area contributed by atoms with Crippen LogP contribution in [0.4, 0.5) is 0 Å². The molecule has 1 aliphatic carbocycles. The lowest BCUT2D eigenvalue weighted by molar-refractivity contribution is 0.237. The molecule has 0 aromatic carbocycles. The van der Waals surface area contributed by atoms with Crippen molar-refractivity contribution in [3.05, 3.63) is 11.5 Å². The molecule has 21 heavy (non-hydrogen) atoms. The van der Waals surface area contributed by atoms with Gasteiger partial charge in [0.05, 0.1) is 11.6 Å². The largest absolute Gasteiger partial charge is 0.311 e. The fourth-order valence-corrected chi connectivity index (χ4v) is 4.08. The van der Waals surface area contributed by atoms with E-state index in [1.807, 2.05) is 11.7 Å². The van der Waals surface area contributed by atoms with E-state index in [0.717, 1.165) is 35.6 Å². The highest BCUT2D eigenvalue weighted by molar-refractivity contribution is 6.16. The maximum atomic E-state index is 6.17. The summed E-state index contributed by atoms with van der Waals surface area (Å²) in [4.78, 5) is 4.78. The van der Waals surface area contributed by atoms with Gasteiger partial charge in [0.15, 0.2) is 5.65 Å². The first-order chi connectivity index (χ1) is 10.1. The fourth-order valence-electron chi connectivity index (χ4n) is 3.88. The number of aromatic nitrogens is 4. The Labute approximate surface area is 131 Å². The van der Waals surface area contributed by atoms with Crippen molar-refractivity contribution in [3.8, 4) is 0 Å². The predicted octanol–water partition coefficient (Wildman–Crippen LogP) is 4.04. The molecule has 2 aromatic rings. The minimum Gasteiger partial charge on any atom is -0.311 e. The predicted molar refractivity (Wildman–Crippen MR) is 86.6 cm³/mol. The van der Waals surface area contributed by atoms with Crippen molar-refractivity contribution < 1.29 is 0 Å². The van der Waals surface area contributed by atoms with Crippen molar-refractivity contribution in [3.63, 3.8) is 0 Å². The first-order valence-electron chi connectivity index (χ1n) is 8.11. The summed E-state index contributed by atoms with van der Waals surface area (Å²) in [5.41, 5.74) is 3.68. The van der Waals surface area contributed by atoms with Crippen LogP contribution in [0.3, 0.4) is 0 Å². The molecule has 0 saturated heterocycles. The molecule has 0 atom stereocenters. The van der Waals surface area contributed by atoms with Crippen LogP contribution in [0.1, 0.15) is 57.5 Å². The van der Waals surface area contributed by atoms with Crippen LogP contribution in [0.15, 0.2) is 0 Å². The fraction of sp³-hybridized carbons (Fsp3) is 0.750. The third-order valence-electron chi connectivity index (χ3n) is 5.23. The van der Waals surface area contributed by atoms with Crippen molar-refractivity contribution in [1.82, 2.24) is 19.3 Å². The van der Waals surface area contributed by atoms with Gasteiger partial charge in [0.1, 0.15) is 11.3 Å².